The van der Waals surface area contributed by atoms with Crippen LogP contribution in [0.5, 0.6) is 0 Å². The topological polar surface area (TPSA) is 55.1 Å². The van der Waals surface area contributed by atoms with Gasteiger partial charge < -0.3 is 11.1 Å². The van der Waals surface area contributed by atoms with Gasteiger partial charge in [0.05, 0.1) is 6.04 Å². The molecule has 0 bridgehead atoms. The van der Waals surface area contributed by atoms with Crippen LogP contribution in [-0.2, 0) is 4.79 Å². The van der Waals surface area contributed by atoms with Crippen LogP contribution in [0.3, 0.4) is 0 Å². The van der Waals surface area contributed by atoms with Crippen LogP contribution in [0.2, 0.25) is 0 Å². The number of nitrogens with two attached hydrogens (primary N) is 1. The second-order valence-corrected chi connectivity index (χ2v) is 3.88. The maximum absolute atomic E-state index is 11.4. The molecule has 2 atom stereocenters. The van der Waals surface area contributed by atoms with Gasteiger partial charge >= 0.3 is 0 Å². The minimum Gasteiger partial charge on any atom is -0.350 e. The van der Waals surface area contributed by atoms with Crippen molar-refractivity contribution in [1.82, 2.24) is 5.32 Å². The first kappa shape index (κ1) is 14.9. The fourth-order valence-corrected chi connectivity index (χ4v) is 1.42. The van der Waals surface area contributed by atoms with Gasteiger partial charge in [0.1, 0.15) is 0 Å². The molecule has 0 fully saturated rings. The third kappa shape index (κ3) is 5.14. The van der Waals surface area contributed by atoms with E-state index in [0.717, 1.165) is 5.56 Å². The third-order valence-corrected chi connectivity index (χ3v) is 2.18. The van der Waals surface area contributed by atoms with Gasteiger partial charge in [0, 0.05) is 12.5 Å². The molecule has 1 rings (SSSR count). The summed E-state index contributed by atoms with van der Waals surface area (Å²) in [5.74, 6) is 0.00125. The zero-order valence-electron chi connectivity index (χ0n) is 9.64. The van der Waals surface area contributed by atoms with Gasteiger partial charge in [0.2, 0.25) is 5.91 Å². The van der Waals surface area contributed by atoms with Crippen LogP contribution in [0.15, 0.2) is 30.3 Å². The van der Waals surface area contributed by atoms with E-state index in [2.05, 4.69) is 5.32 Å². The maximum atomic E-state index is 11.4. The average molecular weight is 243 g/mol. The Bertz CT molecular complexity index is 314. The minimum absolute atomic E-state index is 0. The van der Waals surface area contributed by atoms with Crippen molar-refractivity contribution in [3.63, 3.8) is 0 Å². The van der Waals surface area contributed by atoms with Crippen LogP contribution < -0.4 is 11.1 Å². The van der Waals surface area contributed by atoms with Crippen molar-refractivity contribution in [3.8, 4) is 0 Å². The smallest absolute Gasteiger partial charge is 0.222 e. The number of hydrogen-bond donors (Lipinski definition) is 2. The highest BCUT2D eigenvalue weighted by atomic mass is 35.5. The van der Waals surface area contributed by atoms with Gasteiger partial charge in [-0.15, -0.1) is 12.4 Å². The predicted molar refractivity (Wildman–Crippen MR) is 68.5 cm³/mol. The highest BCUT2D eigenvalue weighted by molar-refractivity contribution is 5.85. The summed E-state index contributed by atoms with van der Waals surface area (Å²) in [5.41, 5.74) is 6.65. The molecule has 3 nitrogen and oxygen atoms in total. The lowest BCUT2D eigenvalue weighted by atomic mass is 10.1. The van der Waals surface area contributed by atoms with E-state index in [9.17, 15) is 4.79 Å². The van der Waals surface area contributed by atoms with Gasteiger partial charge in [0.25, 0.3) is 0 Å². The van der Waals surface area contributed by atoms with E-state index >= 15 is 0 Å². The number of nitrogens with one attached hydrogen (secondary N) is 1. The van der Waals surface area contributed by atoms with E-state index in [-0.39, 0.29) is 30.4 Å². The molecule has 1 aromatic carbocycles. The van der Waals surface area contributed by atoms with Crippen LogP contribution in [-0.4, -0.2) is 11.9 Å². The van der Waals surface area contributed by atoms with Crippen molar-refractivity contribution in [2.45, 2.75) is 32.4 Å². The van der Waals surface area contributed by atoms with E-state index in [1.807, 2.05) is 44.2 Å². The number of carbonyl (C=O) groups is 1. The lowest BCUT2D eigenvalue weighted by Gasteiger charge is -2.15. The molecule has 0 aliphatic rings. The quantitative estimate of drug-likeness (QED) is 0.849. The van der Waals surface area contributed by atoms with Crippen LogP contribution in [0.4, 0.5) is 0 Å². The molecule has 0 aliphatic carbocycles. The number of carbonyl (C=O) groups excluding carboxylic acids is 1. The van der Waals surface area contributed by atoms with Gasteiger partial charge in [-0.2, -0.15) is 0 Å². The standard InChI is InChI=1S/C12H18N2O.ClH/c1-9(13)8-12(15)14-10(2)11-6-4-3-5-7-11;/h3-7,9-10H,8,13H2,1-2H3,(H,14,15);1H/t9?,10-;/m1./s1. The predicted octanol–water partition coefficient (Wildman–Crippen LogP) is 2.02. The first-order valence-electron chi connectivity index (χ1n) is 5.19. The van der Waals surface area contributed by atoms with Crippen molar-refractivity contribution < 1.29 is 4.79 Å². The van der Waals surface area contributed by atoms with Crippen LogP contribution in [0, 0.1) is 0 Å². The number of benzene rings is 1. The first-order chi connectivity index (χ1) is 7.09. The Balaban J connectivity index is 0.00000225. The highest BCUT2D eigenvalue weighted by Crippen LogP contribution is 2.11. The molecule has 0 aromatic heterocycles. The summed E-state index contributed by atoms with van der Waals surface area (Å²) >= 11 is 0. The van der Waals surface area contributed by atoms with Crippen LogP contribution in [0.1, 0.15) is 31.9 Å². The Morgan fingerprint density at radius 2 is 1.88 bits per heavy atom. The maximum Gasteiger partial charge on any atom is 0.222 e. The van der Waals surface area contributed by atoms with Gasteiger partial charge in [-0.25, -0.2) is 0 Å². The average Bonchev–Trinajstić information content (AvgIpc) is 2.17. The van der Waals surface area contributed by atoms with Crippen molar-refractivity contribution in [1.29, 1.82) is 0 Å². The summed E-state index contributed by atoms with van der Waals surface area (Å²) in [7, 11) is 0. The molecule has 0 saturated carbocycles. The van der Waals surface area contributed by atoms with Crippen molar-refractivity contribution >= 4 is 18.3 Å². The number of amides is 1. The summed E-state index contributed by atoms with van der Waals surface area (Å²) in [6.45, 7) is 3.79. The fourth-order valence-electron chi connectivity index (χ4n) is 1.42. The van der Waals surface area contributed by atoms with E-state index in [1.54, 1.807) is 0 Å². The number of halogens is 1. The molecular formula is C12H19ClN2O. The summed E-state index contributed by atoms with van der Waals surface area (Å²) in [6, 6.07) is 9.83. The summed E-state index contributed by atoms with van der Waals surface area (Å²) in [6.07, 6.45) is 0.372. The molecule has 4 heteroatoms. The number of hydrogen-bond acceptors (Lipinski definition) is 2. The summed E-state index contributed by atoms with van der Waals surface area (Å²) in [5, 5.41) is 2.91. The molecule has 0 heterocycles. The second kappa shape index (κ2) is 7.25. The lowest BCUT2D eigenvalue weighted by molar-refractivity contribution is -0.122. The van der Waals surface area contributed by atoms with E-state index < -0.39 is 0 Å². The van der Waals surface area contributed by atoms with Crippen LogP contribution in [0.25, 0.3) is 0 Å². The van der Waals surface area contributed by atoms with Crippen molar-refractivity contribution in [2.75, 3.05) is 0 Å². The third-order valence-electron chi connectivity index (χ3n) is 2.18. The van der Waals surface area contributed by atoms with E-state index in [4.69, 9.17) is 5.73 Å². The molecule has 1 unspecified atom stereocenters. The SMILES string of the molecule is CC(N)CC(=O)N[C@H](C)c1ccccc1.Cl. The minimum atomic E-state index is -0.0898. The fraction of sp³-hybridized carbons (Fsp3) is 0.417. The normalized spacial score (nSPS) is 13.4. The Labute approximate surface area is 103 Å². The molecule has 3 N–H and O–H groups in total. The van der Waals surface area contributed by atoms with Gasteiger partial charge in [0.15, 0.2) is 0 Å². The molecule has 16 heavy (non-hydrogen) atoms. The molecule has 0 saturated heterocycles. The van der Waals surface area contributed by atoms with E-state index in [0.29, 0.717) is 6.42 Å². The monoisotopic (exact) mass is 242 g/mol. The zero-order valence-corrected chi connectivity index (χ0v) is 10.5. The van der Waals surface area contributed by atoms with Crippen molar-refractivity contribution in [3.05, 3.63) is 35.9 Å². The Kier molecular flexibility index (Phi) is 6.77. The van der Waals surface area contributed by atoms with E-state index in [1.165, 1.54) is 0 Å². The summed E-state index contributed by atoms with van der Waals surface area (Å²) in [4.78, 5) is 11.4. The molecular weight excluding hydrogens is 224 g/mol. The van der Waals surface area contributed by atoms with Gasteiger partial charge in [-0.3, -0.25) is 4.79 Å². The molecule has 0 aliphatic heterocycles. The molecule has 0 spiro atoms. The second-order valence-electron chi connectivity index (χ2n) is 3.88. The molecule has 1 amide bonds. The summed E-state index contributed by atoms with van der Waals surface area (Å²) < 4.78 is 0. The Morgan fingerprint density at radius 3 is 2.38 bits per heavy atom. The largest absolute Gasteiger partial charge is 0.350 e. The highest BCUT2D eigenvalue weighted by Gasteiger charge is 2.10. The lowest BCUT2D eigenvalue weighted by Crippen LogP contribution is -2.31. The molecule has 1 aromatic rings. The molecule has 0 radical (unpaired) electrons. The van der Waals surface area contributed by atoms with Gasteiger partial charge in [-0.1, -0.05) is 30.3 Å². The van der Waals surface area contributed by atoms with Crippen LogP contribution >= 0.6 is 12.4 Å². The first-order valence-corrected chi connectivity index (χ1v) is 5.19. The van der Waals surface area contributed by atoms with Crippen molar-refractivity contribution in [2.24, 2.45) is 5.73 Å². The zero-order chi connectivity index (χ0) is 11.3. The molecule has 90 valence electrons. The number of rotatable bonds is 4. The Morgan fingerprint density at radius 1 is 1.31 bits per heavy atom. The Hall–Kier alpha value is -1.06. The van der Waals surface area contributed by atoms with Gasteiger partial charge in [-0.05, 0) is 19.4 Å².